The highest BCUT2D eigenvalue weighted by atomic mass is 16.5. The van der Waals surface area contributed by atoms with Crippen LogP contribution in [-0.4, -0.2) is 68.2 Å². The third-order valence-corrected chi connectivity index (χ3v) is 5.23. The number of carbonyl (C=O) groups is 3. The Kier molecular flexibility index (Phi) is 9.77. The molecule has 2 aromatic rings. The Balaban J connectivity index is 1.48. The Morgan fingerprint density at radius 3 is 2.51 bits per heavy atom. The van der Waals surface area contributed by atoms with Crippen molar-refractivity contribution < 1.29 is 28.6 Å². The molecule has 9 nitrogen and oxygen atoms in total. The lowest BCUT2D eigenvalue weighted by atomic mass is 10.1. The lowest BCUT2D eigenvalue weighted by Gasteiger charge is -2.34. The summed E-state index contributed by atoms with van der Waals surface area (Å²) in [6.07, 6.45) is -0.168. The predicted molar refractivity (Wildman–Crippen MR) is 131 cm³/mol. The van der Waals surface area contributed by atoms with Crippen LogP contribution >= 0.6 is 0 Å². The summed E-state index contributed by atoms with van der Waals surface area (Å²) in [5, 5.41) is 5.79. The van der Waals surface area contributed by atoms with Gasteiger partial charge in [-0.2, -0.15) is 0 Å². The molecule has 0 spiro atoms. The van der Waals surface area contributed by atoms with Crippen molar-refractivity contribution in [1.29, 1.82) is 0 Å². The van der Waals surface area contributed by atoms with Crippen LogP contribution in [0.5, 0.6) is 11.5 Å². The quantitative estimate of drug-likeness (QED) is 0.353. The van der Waals surface area contributed by atoms with E-state index in [9.17, 15) is 14.4 Å². The molecule has 2 aromatic carbocycles. The summed E-state index contributed by atoms with van der Waals surface area (Å²) in [5.74, 6) is 0.498. The Labute approximate surface area is 205 Å². The van der Waals surface area contributed by atoms with Crippen molar-refractivity contribution in [3.63, 3.8) is 0 Å². The highest BCUT2D eigenvalue weighted by molar-refractivity contribution is 5.93. The van der Waals surface area contributed by atoms with E-state index >= 15 is 0 Å². The van der Waals surface area contributed by atoms with E-state index in [1.165, 1.54) is 4.90 Å². The summed E-state index contributed by atoms with van der Waals surface area (Å²) in [6.45, 7) is 5.56. The Bertz CT molecular complexity index is 982. The van der Waals surface area contributed by atoms with Gasteiger partial charge in [-0.15, -0.1) is 0 Å². The van der Waals surface area contributed by atoms with Gasteiger partial charge in [-0.3, -0.25) is 14.4 Å². The predicted octanol–water partition coefficient (Wildman–Crippen LogP) is 2.47. The molecule has 1 fully saturated rings. The van der Waals surface area contributed by atoms with E-state index in [4.69, 9.17) is 14.2 Å². The van der Waals surface area contributed by atoms with E-state index in [1.54, 1.807) is 6.07 Å². The number of piperazine rings is 1. The lowest BCUT2D eigenvalue weighted by molar-refractivity contribution is -0.152. The fourth-order valence-corrected chi connectivity index (χ4v) is 3.50. The molecule has 1 saturated heterocycles. The number of hydrogen-bond donors (Lipinski definition) is 2. The van der Waals surface area contributed by atoms with Crippen molar-refractivity contribution in [2.75, 3.05) is 44.8 Å². The molecule has 1 unspecified atom stereocenters. The third-order valence-electron chi connectivity index (χ3n) is 5.23. The van der Waals surface area contributed by atoms with Gasteiger partial charge >= 0.3 is 5.97 Å². The number of ether oxygens (including phenoxy) is 3. The van der Waals surface area contributed by atoms with Gasteiger partial charge in [0.1, 0.15) is 30.8 Å². The molecular weight excluding hydrogens is 450 g/mol. The van der Waals surface area contributed by atoms with Gasteiger partial charge in [0.15, 0.2) is 0 Å². The molecule has 1 heterocycles. The van der Waals surface area contributed by atoms with Gasteiger partial charge in [0.25, 0.3) is 0 Å². The number of anilines is 1. The molecule has 0 aromatic heterocycles. The maximum Gasteiger partial charge on any atom is 0.308 e. The summed E-state index contributed by atoms with van der Waals surface area (Å²) >= 11 is 0. The molecule has 0 radical (unpaired) electrons. The van der Waals surface area contributed by atoms with Gasteiger partial charge < -0.3 is 29.7 Å². The van der Waals surface area contributed by atoms with Crippen molar-refractivity contribution in [1.82, 2.24) is 10.2 Å². The summed E-state index contributed by atoms with van der Waals surface area (Å²) in [7, 11) is 0. The van der Waals surface area contributed by atoms with Crippen molar-refractivity contribution in [3.8, 4) is 11.5 Å². The summed E-state index contributed by atoms with van der Waals surface area (Å²) in [4.78, 5) is 38.8. The number of para-hydroxylation sites is 1. The van der Waals surface area contributed by atoms with Crippen molar-refractivity contribution >= 4 is 23.5 Å². The number of amides is 2. The van der Waals surface area contributed by atoms with E-state index in [0.717, 1.165) is 5.75 Å². The zero-order valence-electron chi connectivity index (χ0n) is 20.2. The summed E-state index contributed by atoms with van der Waals surface area (Å²) < 4.78 is 16.6. The largest absolute Gasteiger partial charge is 0.490 e. The van der Waals surface area contributed by atoms with Gasteiger partial charge in [0, 0.05) is 24.8 Å². The number of nitrogens with one attached hydrogen (secondary N) is 2. The second kappa shape index (κ2) is 13.2. The summed E-state index contributed by atoms with van der Waals surface area (Å²) in [6, 6.07) is 15.9. The second-order valence-electron chi connectivity index (χ2n) is 8.57. The van der Waals surface area contributed by atoms with Crippen LogP contribution in [0.3, 0.4) is 0 Å². The van der Waals surface area contributed by atoms with E-state index in [1.807, 2.05) is 62.4 Å². The molecule has 35 heavy (non-hydrogen) atoms. The van der Waals surface area contributed by atoms with Crippen LogP contribution in [0.1, 0.15) is 20.3 Å². The fraction of sp³-hybridized carbons (Fsp3) is 0.423. The number of benzene rings is 2. The molecule has 1 atom stereocenters. The summed E-state index contributed by atoms with van der Waals surface area (Å²) in [5.41, 5.74) is 0.703. The first-order chi connectivity index (χ1) is 16.9. The van der Waals surface area contributed by atoms with Gasteiger partial charge in [-0.05, 0) is 30.2 Å². The van der Waals surface area contributed by atoms with E-state index in [2.05, 4.69) is 10.6 Å². The third kappa shape index (κ3) is 8.51. The van der Waals surface area contributed by atoms with Crippen molar-refractivity contribution in [2.24, 2.45) is 5.92 Å². The number of carbonyl (C=O) groups excluding carboxylic acids is 3. The lowest BCUT2D eigenvalue weighted by Crippen LogP contribution is -2.58. The van der Waals surface area contributed by atoms with Gasteiger partial charge in [0.2, 0.25) is 11.8 Å². The molecule has 0 bridgehead atoms. The molecular formula is C26H33N3O6. The molecule has 3 rings (SSSR count). The highest BCUT2D eigenvalue weighted by Crippen LogP contribution is 2.18. The first kappa shape index (κ1) is 25.9. The van der Waals surface area contributed by atoms with Crippen LogP contribution in [0.4, 0.5) is 5.69 Å². The van der Waals surface area contributed by atoms with Crippen LogP contribution in [0, 0.1) is 5.92 Å². The maximum absolute atomic E-state index is 12.9. The van der Waals surface area contributed by atoms with E-state index in [0.29, 0.717) is 37.7 Å². The minimum Gasteiger partial charge on any atom is -0.490 e. The maximum atomic E-state index is 12.9. The minimum absolute atomic E-state index is 0.0224. The van der Waals surface area contributed by atoms with Crippen LogP contribution in [0.15, 0.2) is 54.6 Å². The average Bonchev–Trinajstić information content (AvgIpc) is 2.86. The molecule has 1 aliphatic heterocycles. The Morgan fingerprint density at radius 2 is 1.77 bits per heavy atom. The Morgan fingerprint density at radius 1 is 1.06 bits per heavy atom. The smallest absolute Gasteiger partial charge is 0.308 e. The second-order valence-corrected chi connectivity index (χ2v) is 8.57. The van der Waals surface area contributed by atoms with Gasteiger partial charge in [-0.1, -0.05) is 38.1 Å². The molecule has 0 aliphatic carbocycles. The average molecular weight is 484 g/mol. The van der Waals surface area contributed by atoms with Gasteiger partial charge in [-0.25, -0.2) is 0 Å². The zero-order chi connectivity index (χ0) is 25.0. The molecule has 2 N–H and O–H groups in total. The zero-order valence-corrected chi connectivity index (χ0v) is 20.2. The molecule has 0 saturated carbocycles. The monoisotopic (exact) mass is 483 g/mol. The standard InChI is InChI=1S/C26H33N3O6/c1-19(2)18-35-25(31)16-23-26(32)27-11-12-29(23)24(30)17-28-20-7-6-10-22(15-20)34-14-13-33-21-8-4-3-5-9-21/h3-10,15,19,23,28H,11-14,16-18H2,1-2H3,(H,27,32). The topological polar surface area (TPSA) is 106 Å². The number of nitrogens with zero attached hydrogens (tertiary/aromatic N) is 1. The van der Waals surface area contributed by atoms with Crippen LogP contribution in [-0.2, 0) is 19.1 Å². The number of hydrogen-bond acceptors (Lipinski definition) is 7. The number of rotatable bonds is 12. The molecule has 1 aliphatic rings. The van der Waals surface area contributed by atoms with E-state index in [-0.39, 0.29) is 37.3 Å². The van der Waals surface area contributed by atoms with Crippen LogP contribution in [0.2, 0.25) is 0 Å². The fourth-order valence-electron chi connectivity index (χ4n) is 3.50. The highest BCUT2D eigenvalue weighted by Gasteiger charge is 2.35. The first-order valence-corrected chi connectivity index (χ1v) is 11.8. The minimum atomic E-state index is -0.878. The molecule has 2 amide bonds. The Hall–Kier alpha value is -3.75. The normalized spacial score (nSPS) is 15.3. The van der Waals surface area contributed by atoms with Gasteiger partial charge in [0.05, 0.1) is 19.6 Å². The van der Waals surface area contributed by atoms with Crippen LogP contribution in [0.25, 0.3) is 0 Å². The molecule has 188 valence electrons. The first-order valence-electron chi connectivity index (χ1n) is 11.8. The SMILES string of the molecule is CC(C)COC(=O)CC1C(=O)NCCN1C(=O)CNc1cccc(OCCOc2ccccc2)c1. The van der Waals surface area contributed by atoms with Crippen molar-refractivity contribution in [2.45, 2.75) is 26.3 Å². The number of esters is 1. The molecule has 9 heteroatoms. The van der Waals surface area contributed by atoms with Crippen molar-refractivity contribution in [3.05, 3.63) is 54.6 Å². The van der Waals surface area contributed by atoms with E-state index < -0.39 is 12.0 Å². The van der Waals surface area contributed by atoms with Crippen LogP contribution < -0.4 is 20.1 Å².